The number of rotatable bonds is 10. The fourth-order valence-corrected chi connectivity index (χ4v) is 4.21. The van der Waals surface area contributed by atoms with Crippen molar-refractivity contribution >= 4 is 33.9 Å². The molecule has 0 aliphatic carbocycles. The van der Waals surface area contributed by atoms with Crippen molar-refractivity contribution in [3.05, 3.63) is 65.7 Å². The molecule has 0 fully saturated rings. The van der Waals surface area contributed by atoms with Crippen LogP contribution in [0.2, 0.25) is 0 Å². The van der Waals surface area contributed by atoms with Crippen molar-refractivity contribution in [2.75, 3.05) is 13.2 Å². The largest absolute Gasteiger partial charge is 0.374 e. The first-order chi connectivity index (χ1) is 16.7. The Kier molecular flexibility index (Phi) is 6.29. The Morgan fingerprint density at radius 2 is 1.71 bits per heavy atom. The number of fused-ring (bicyclic) bond motifs is 4. The second-order valence-electron chi connectivity index (χ2n) is 8.02. The van der Waals surface area contributed by atoms with Gasteiger partial charge in [0.25, 0.3) is 11.8 Å². The average molecular weight is 460 g/mol. The summed E-state index contributed by atoms with van der Waals surface area (Å²) in [4.78, 5) is 44.0. The summed E-state index contributed by atoms with van der Waals surface area (Å²) in [7, 11) is 0. The van der Waals surface area contributed by atoms with Gasteiger partial charge in [0.2, 0.25) is 0 Å². The molecule has 0 N–H and O–H groups in total. The lowest BCUT2D eigenvalue weighted by molar-refractivity contribution is -0.0923. The molecule has 9 heteroatoms. The first-order valence-corrected chi connectivity index (χ1v) is 11.5. The normalized spacial score (nSPS) is 13.4. The Balaban J connectivity index is 1.22. The van der Waals surface area contributed by atoms with Crippen molar-refractivity contribution in [1.29, 1.82) is 0 Å². The van der Waals surface area contributed by atoms with E-state index in [0.29, 0.717) is 30.8 Å². The summed E-state index contributed by atoms with van der Waals surface area (Å²) in [6, 6.07) is 10.6. The summed E-state index contributed by atoms with van der Waals surface area (Å²) in [5, 5.41) is 0.874. The highest BCUT2D eigenvalue weighted by atomic mass is 16.7. The minimum atomic E-state index is -0.404. The number of hydrogen-bond donors (Lipinski definition) is 0. The number of benzene rings is 1. The standard InChI is InChI=1S/C25H25N5O4/c1-2-33-16-21-28-20-15-27-19-11-8-12-26-22(19)23(20)29(21)13-6-3-7-14-34-30-24(31)17-9-4-5-10-18(17)25(30)32/h4-5,8-12,15H,2-3,6-7,13-14,16H2,1H3. The highest BCUT2D eigenvalue weighted by Gasteiger charge is 2.36. The number of carbonyl (C=O) groups is 2. The molecular formula is C25H25N5O4. The Hall–Kier alpha value is -3.69. The van der Waals surface area contributed by atoms with Crippen molar-refractivity contribution in [1.82, 2.24) is 24.6 Å². The lowest BCUT2D eigenvalue weighted by Crippen LogP contribution is -2.30. The van der Waals surface area contributed by atoms with Crippen LogP contribution in [-0.2, 0) is 22.7 Å². The van der Waals surface area contributed by atoms with Crippen LogP contribution in [0.4, 0.5) is 0 Å². The molecule has 0 radical (unpaired) electrons. The SMILES string of the molecule is CCOCc1nc2cnc3cccnc3c2n1CCCCCON1C(=O)c2ccccc2C1=O. The maximum absolute atomic E-state index is 12.4. The van der Waals surface area contributed by atoms with Crippen molar-refractivity contribution in [2.24, 2.45) is 0 Å². The van der Waals surface area contributed by atoms with Gasteiger partial charge in [0.05, 0.1) is 35.0 Å². The fourth-order valence-electron chi connectivity index (χ4n) is 4.21. The number of imide groups is 1. The van der Waals surface area contributed by atoms with Gasteiger partial charge in [-0.25, -0.2) is 4.98 Å². The van der Waals surface area contributed by atoms with Gasteiger partial charge in [-0.15, -0.1) is 5.06 Å². The molecule has 1 aromatic carbocycles. The summed E-state index contributed by atoms with van der Waals surface area (Å²) in [5.74, 6) is 0.0390. The molecule has 4 aromatic rings. The van der Waals surface area contributed by atoms with Crippen molar-refractivity contribution in [3.8, 4) is 0 Å². The minimum Gasteiger partial charge on any atom is -0.374 e. The molecule has 0 bridgehead atoms. The highest BCUT2D eigenvalue weighted by Crippen LogP contribution is 2.25. The molecule has 3 aromatic heterocycles. The molecule has 0 saturated heterocycles. The number of amides is 2. The maximum atomic E-state index is 12.4. The highest BCUT2D eigenvalue weighted by molar-refractivity contribution is 6.20. The van der Waals surface area contributed by atoms with Gasteiger partial charge < -0.3 is 9.30 Å². The quantitative estimate of drug-likeness (QED) is 0.262. The van der Waals surface area contributed by atoms with Crippen LogP contribution in [0.3, 0.4) is 0 Å². The van der Waals surface area contributed by atoms with Gasteiger partial charge >= 0.3 is 0 Å². The van der Waals surface area contributed by atoms with Crippen LogP contribution < -0.4 is 0 Å². The number of ether oxygens (including phenoxy) is 1. The number of hydrogen-bond acceptors (Lipinski definition) is 7. The Labute approximate surface area is 196 Å². The van der Waals surface area contributed by atoms with E-state index >= 15 is 0 Å². The molecule has 34 heavy (non-hydrogen) atoms. The fraction of sp³-hybridized carbons (Fsp3) is 0.320. The van der Waals surface area contributed by atoms with Crippen LogP contribution in [0.15, 0.2) is 48.8 Å². The first-order valence-electron chi connectivity index (χ1n) is 11.5. The van der Waals surface area contributed by atoms with Crippen LogP contribution in [-0.4, -0.2) is 49.6 Å². The lowest BCUT2D eigenvalue weighted by atomic mass is 10.1. The molecule has 4 heterocycles. The summed E-state index contributed by atoms with van der Waals surface area (Å²) < 4.78 is 7.80. The van der Waals surface area contributed by atoms with E-state index in [1.807, 2.05) is 19.1 Å². The second kappa shape index (κ2) is 9.66. The number of aryl methyl sites for hydroxylation is 1. The van der Waals surface area contributed by atoms with Gasteiger partial charge in [-0.1, -0.05) is 12.1 Å². The molecular weight excluding hydrogens is 434 g/mol. The van der Waals surface area contributed by atoms with Crippen molar-refractivity contribution < 1.29 is 19.2 Å². The predicted molar refractivity (Wildman–Crippen MR) is 125 cm³/mol. The van der Waals surface area contributed by atoms with Gasteiger partial charge in [-0.05, 0) is 50.5 Å². The van der Waals surface area contributed by atoms with Crippen LogP contribution in [0.25, 0.3) is 22.1 Å². The number of carbonyl (C=O) groups excluding carboxylic acids is 2. The van der Waals surface area contributed by atoms with E-state index in [2.05, 4.69) is 14.5 Å². The Bertz CT molecular complexity index is 1330. The Morgan fingerprint density at radius 3 is 2.47 bits per heavy atom. The maximum Gasteiger partial charge on any atom is 0.285 e. The summed E-state index contributed by atoms with van der Waals surface area (Å²) >= 11 is 0. The zero-order chi connectivity index (χ0) is 23.5. The van der Waals surface area contributed by atoms with Crippen LogP contribution >= 0.6 is 0 Å². The Morgan fingerprint density at radius 1 is 0.912 bits per heavy atom. The lowest BCUT2D eigenvalue weighted by Gasteiger charge is -2.13. The average Bonchev–Trinajstić information content (AvgIpc) is 3.35. The van der Waals surface area contributed by atoms with Crippen molar-refractivity contribution in [2.45, 2.75) is 39.3 Å². The van der Waals surface area contributed by atoms with Crippen LogP contribution in [0, 0.1) is 0 Å². The minimum absolute atomic E-state index is 0.288. The van der Waals surface area contributed by atoms with E-state index < -0.39 is 11.8 Å². The van der Waals surface area contributed by atoms with Gasteiger partial charge in [-0.3, -0.25) is 24.4 Å². The van der Waals surface area contributed by atoms with E-state index in [1.54, 1.807) is 36.7 Å². The summed E-state index contributed by atoms with van der Waals surface area (Å²) in [6.07, 6.45) is 5.97. The number of hydroxylamine groups is 2. The van der Waals surface area contributed by atoms with E-state index in [9.17, 15) is 9.59 Å². The first kappa shape index (κ1) is 22.1. The van der Waals surface area contributed by atoms with E-state index in [0.717, 1.165) is 52.3 Å². The smallest absolute Gasteiger partial charge is 0.285 e. The topological polar surface area (TPSA) is 99.4 Å². The third kappa shape index (κ3) is 4.04. The molecule has 0 spiro atoms. The van der Waals surface area contributed by atoms with Gasteiger partial charge in [0, 0.05) is 19.3 Å². The molecule has 0 saturated carbocycles. The summed E-state index contributed by atoms with van der Waals surface area (Å²) in [5.41, 5.74) is 4.18. The monoisotopic (exact) mass is 459 g/mol. The number of aromatic nitrogens is 4. The third-order valence-corrected chi connectivity index (χ3v) is 5.85. The van der Waals surface area contributed by atoms with E-state index in [4.69, 9.17) is 14.6 Å². The van der Waals surface area contributed by atoms with Crippen LogP contribution in [0.1, 0.15) is 52.7 Å². The molecule has 5 rings (SSSR count). The number of unbranched alkanes of at least 4 members (excludes halogenated alkanes) is 2. The van der Waals surface area contributed by atoms with Gasteiger partial charge in [0.15, 0.2) is 0 Å². The predicted octanol–water partition coefficient (Wildman–Crippen LogP) is 3.91. The number of imidazole rings is 1. The molecule has 9 nitrogen and oxygen atoms in total. The number of nitrogens with zero attached hydrogens (tertiary/aromatic N) is 5. The molecule has 1 aliphatic rings. The molecule has 2 amide bonds. The zero-order valence-electron chi connectivity index (χ0n) is 18.9. The van der Waals surface area contributed by atoms with Crippen LogP contribution in [0.5, 0.6) is 0 Å². The molecule has 174 valence electrons. The second-order valence-corrected chi connectivity index (χ2v) is 8.02. The molecule has 1 aliphatic heterocycles. The molecule has 0 atom stereocenters. The van der Waals surface area contributed by atoms with E-state index in [-0.39, 0.29) is 6.61 Å². The van der Waals surface area contributed by atoms with Gasteiger partial charge in [0.1, 0.15) is 23.5 Å². The summed E-state index contributed by atoms with van der Waals surface area (Å²) in [6.45, 7) is 4.01. The third-order valence-electron chi connectivity index (χ3n) is 5.85. The van der Waals surface area contributed by atoms with Crippen molar-refractivity contribution in [3.63, 3.8) is 0 Å². The number of pyridine rings is 2. The molecule has 0 unspecified atom stereocenters. The zero-order valence-corrected chi connectivity index (χ0v) is 18.9. The van der Waals surface area contributed by atoms with E-state index in [1.165, 1.54) is 0 Å². The van der Waals surface area contributed by atoms with Gasteiger partial charge in [-0.2, -0.15) is 0 Å².